The average Bonchev–Trinajstić information content (AvgIpc) is 2.80. The molecule has 2 N–H and O–H groups in total. The fourth-order valence-corrected chi connectivity index (χ4v) is 4.93. The van der Waals surface area contributed by atoms with Crippen LogP contribution in [0.15, 0.2) is 15.4 Å². The maximum atomic E-state index is 12.4. The molecule has 2 rings (SSSR count). The Morgan fingerprint density at radius 3 is 2.85 bits per heavy atom. The molecule has 0 aliphatic heterocycles. The predicted molar refractivity (Wildman–Crippen MR) is 79.2 cm³/mol. The lowest BCUT2D eigenvalue weighted by Gasteiger charge is -2.28. The molecule has 1 heterocycles. The Labute approximate surface area is 124 Å². The molecule has 0 bridgehead atoms. The van der Waals surface area contributed by atoms with Crippen molar-refractivity contribution < 1.29 is 17.9 Å². The number of hydrogen-bond acceptors (Lipinski definition) is 5. The van der Waals surface area contributed by atoms with Gasteiger partial charge in [-0.2, -0.15) is 11.8 Å². The fourth-order valence-electron chi connectivity index (χ4n) is 2.62. The number of aliphatic hydroxyl groups is 1. The highest BCUT2D eigenvalue weighted by Gasteiger charge is 2.28. The Morgan fingerprint density at radius 2 is 2.25 bits per heavy atom. The Hall–Kier alpha value is -0.500. The normalized spacial score (nSPS) is 23.9. The van der Waals surface area contributed by atoms with Crippen molar-refractivity contribution in [3.8, 4) is 0 Å². The Kier molecular flexibility index (Phi) is 5.17. The number of aryl methyl sites for hydroxylation is 1. The highest BCUT2D eigenvalue weighted by Crippen LogP contribution is 2.28. The number of thioether (sulfide) groups is 1. The molecule has 1 aliphatic rings. The van der Waals surface area contributed by atoms with E-state index in [1.54, 1.807) is 18.7 Å². The highest BCUT2D eigenvalue weighted by molar-refractivity contribution is 7.99. The summed E-state index contributed by atoms with van der Waals surface area (Å²) in [4.78, 5) is 0.132. The lowest BCUT2D eigenvalue weighted by atomic mass is 9.96. The fraction of sp³-hybridized carbons (Fsp3) is 0.692. The van der Waals surface area contributed by atoms with E-state index in [2.05, 4.69) is 11.0 Å². The summed E-state index contributed by atoms with van der Waals surface area (Å²) in [5, 5.41) is 9.54. The molecule has 5 nitrogen and oxygen atoms in total. The van der Waals surface area contributed by atoms with Crippen LogP contribution < -0.4 is 4.72 Å². The summed E-state index contributed by atoms with van der Waals surface area (Å²) in [6, 6.07) is 1.38. The van der Waals surface area contributed by atoms with Gasteiger partial charge in [0.15, 0.2) is 0 Å². The predicted octanol–water partition coefficient (Wildman–Crippen LogP) is 2.03. The molecule has 1 fully saturated rings. The third-order valence-corrected chi connectivity index (χ3v) is 6.37. The molecule has 2 atom stereocenters. The summed E-state index contributed by atoms with van der Waals surface area (Å²) in [6.07, 6.45) is 6.00. The quantitative estimate of drug-likeness (QED) is 0.868. The van der Waals surface area contributed by atoms with Crippen molar-refractivity contribution in [2.45, 2.75) is 55.4 Å². The molecule has 0 saturated heterocycles. The van der Waals surface area contributed by atoms with E-state index in [1.165, 1.54) is 6.07 Å². The van der Waals surface area contributed by atoms with Gasteiger partial charge in [-0.25, -0.2) is 13.1 Å². The van der Waals surface area contributed by atoms with Gasteiger partial charge in [0.05, 0.1) is 0 Å². The van der Waals surface area contributed by atoms with Gasteiger partial charge in [0.25, 0.3) is 0 Å². The molecule has 1 aromatic heterocycles. The molecule has 20 heavy (non-hydrogen) atoms. The standard InChI is InChI=1S/C13H21NO4S2/c1-9-13(7-11(8-15)18-9)20(16,17)14-10-4-3-5-12(6-10)19-2/h7,10,12,14-15H,3-6,8H2,1-2H3. The lowest BCUT2D eigenvalue weighted by Crippen LogP contribution is -2.39. The van der Waals surface area contributed by atoms with Crippen molar-refractivity contribution in [1.29, 1.82) is 0 Å². The van der Waals surface area contributed by atoms with Gasteiger partial charge in [0, 0.05) is 17.4 Å². The van der Waals surface area contributed by atoms with Crippen LogP contribution in [0.4, 0.5) is 0 Å². The zero-order valence-electron chi connectivity index (χ0n) is 11.8. The third kappa shape index (κ3) is 3.58. The van der Waals surface area contributed by atoms with E-state index in [9.17, 15) is 8.42 Å². The van der Waals surface area contributed by atoms with Crippen LogP contribution in [-0.2, 0) is 16.6 Å². The van der Waals surface area contributed by atoms with Crippen LogP contribution >= 0.6 is 11.8 Å². The van der Waals surface area contributed by atoms with E-state index in [4.69, 9.17) is 9.52 Å². The SMILES string of the molecule is CSC1CCCC(NS(=O)(=O)c2cc(CO)oc2C)C1. The average molecular weight is 319 g/mol. The van der Waals surface area contributed by atoms with Gasteiger partial charge < -0.3 is 9.52 Å². The molecule has 0 amide bonds. The van der Waals surface area contributed by atoms with Gasteiger partial charge in [0.1, 0.15) is 23.0 Å². The highest BCUT2D eigenvalue weighted by atomic mass is 32.2. The molecule has 0 spiro atoms. The molecule has 0 aromatic carbocycles. The number of rotatable bonds is 5. The van der Waals surface area contributed by atoms with Crippen LogP contribution in [0.5, 0.6) is 0 Å². The van der Waals surface area contributed by atoms with Crippen molar-refractivity contribution in [2.24, 2.45) is 0 Å². The minimum absolute atomic E-state index is 0.0157. The first kappa shape index (κ1) is 15.9. The number of hydrogen-bond donors (Lipinski definition) is 2. The summed E-state index contributed by atoms with van der Waals surface area (Å²) >= 11 is 1.80. The molecule has 0 radical (unpaired) electrons. The molecular weight excluding hydrogens is 298 g/mol. The first-order valence-electron chi connectivity index (χ1n) is 6.71. The van der Waals surface area contributed by atoms with Crippen molar-refractivity contribution in [1.82, 2.24) is 4.72 Å². The van der Waals surface area contributed by atoms with Crippen LogP contribution in [-0.4, -0.2) is 31.1 Å². The Bertz CT molecular complexity index is 553. The van der Waals surface area contributed by atoms with Crippen LogP contribution in [0.2, 0.25) is 0 Å². The smallest absolute Gasteiger partial charge is 0.244 e. The zero-order chi connectivity index (χ0) is 14.8. The molecule has 1 aliphatic carbocycles. The van der Waals surface area contributed by atoms with Crippen molar-refractivity contribution in [3.05, 3.63) is 17.6 Å². The zero-order valence-corrected chi connectivity index (χ0v) is 13.4. The van der Waals surface area contributed by atoms with Gasteiger partial charge >= 0.3 is 0 Å². The molecule has 1 saturated carbocycles. The summed E-state index contributed by atoms with van der Waals surface area (Å²) < 4.78 is 32.8. The van der Waals surface area contributed by atoms with E-state index in [0.29, 0.717) is 11.0 Å². The van der Waals surface area contributed by atoms with Crippen molar-refractivity contribution in [3.63, 3.8) is 0 Å². The first-order chi connectivity index (χ1) is 9.46. The second-order valence-electron chi connectivity index (χ2n) is 5.13. The lowest BCUT2D eigenvalue weighted by molar-refractivity contribution is 0.244. The topological polar surface area (TPSA) is 79.5 Å². The number of aliphatic hydroxyl groups excluding tert-OH is 1. The van der Waals surface area contributed by atoms with Crippen LogP contribution in [0.3, 0.4) is 0 Å². The van der Waals surface area contributed by atoms with Gasteiger partial charge in [-0.3, -0.25) is 0 Å². The van der Waals surface area contributed by atoms with Crippen molar-refractivity contribution >= 4 is 21.8 Å². The first-order valence-corrected chi connectivity index (χ1v) is 9.48. The van der Waals surface area contributed by atoms with E-state index in [0.717, 1.165) is 25.7 Å². The third-order valence-electron chi connectivity index (χ3n) is 3.65. The second kappa shape index (κ2) is 6.51. The Balaban J connectivity index is 2.12. The summed E-state index contributed by atoms with van der Waals surface area (Å²) in [6.45, 7) is 1.30. The molecular formula is C13H21NO4S2. The largest absolute Gasteiger partial charge is 0.462 e. The van der Waals surface area contributed by atoms with E-state index >= 15 is 0 Å². The minimum atomic E-state index is -3.58. The molecule has 2 unspecified atom stereocenters. The maximum absolute atomic E-state index is 12.4. The van der Waals surface area contributed by atoms with Crippen molar-refractivity contribution in [2.75, 3.05) is 6.26 Å². The maximum Gasteiger partial charge on any atom is 0.244 e. The number of furan rings is 1. The second-order valence-corrected chi connectivity index (χ2v) is 7.95. The van der Waals surface area contributed by atoms with E-state index < -0.39 is 10.0 Å². The van der Waals surface area contributed by atoms with Crippen LogP contribution in [0, 0.1) is 6.92 Å². The van der Waals surface area contributed by atoms with E-state index in [-0.39, 0.29) is 23.3 Å². The Morgan fingerprint density at radius 1 is 1.50 bits per heavy atom. The van der Waals surface area contributed by atoms with Crippen LogP contribution in [0.25, 0.3) is 0 Å². The monoisotopic (exact) mass is 319 g/mol. The van der Waals surface area contributed by atoms with Gasteiger partial charge in [0.2, 0.25) is 10.0 Å². The number of nitrogens with one attached hydrogen (secondary N) is 1. The van der Waals surface area contributed by atoms with Crippen LogP contribution in [0.1, 0.15) is 37.2 Å². The van der Waals surface area contributed by atoms with E-state index in [1.807, 2.05) is 0 Å². The minimum Gasteiger partial charge on any atom is -0.462 e. The molecule has 1 aromatic rings. The molecule has 114 valence electrons. The summed E-state index contributed by atoms with van der Waals surface area (Å²) in [5.41, 5.74) is 0. The summed E-state index contributed by atoms with van der Waals surface area (Å²) in [7, 11) is -3.58. The number of sulfonamides is 1. The summed E-state index contributed by atoms with van der Waals surface area (Å²) in [5.74, 6) is 0.590. The van der Waals surface area contributed by atoms with Gasteiger partial charge in [-0.15, -0.1) is 0 Å². The van der Waals surface area contributed by atoms with Gasteiger partial charge in [-0.1, -0.05) is 6.42 Å². The van der Waals surface area contributed by atoms with Gasteiger partial charge in [-0.05, 0) is 32.4 Å². The molecule has 7 heteroatoms.